The van der Waals surface area contributed by atoms with Gasteiger partial charge >= 0.3 is 0 Å². The van der Waals surface area contributed by atoms with E-state index in [1.165, 1.54) is 0 Å². The van der Waals surface area contributed by atoms with Gasteiger partial charge in [-0.2, -0.15) is 0 Å². The normalized spacial score (nSPS) is 12.4. The maximum absolute atomic E-state index is 10.2. The van der Waals surface area contributed by atoms with Crippen molar-refractivity contribution in [1.82, 2.24) is 9.97 Å². The summed E-state index contributed by atoms with van der Waals surface area (Å²) in [5.74, 6) is 0. The Morgan fingerprint density at radius 2 is 1.76 bits per heavy atom. The second kappa shape index (κ2) is 6.46. The second-order valence-electron chi connectivity index (χ2n) is 5.21. The third-order valence-electron chi connectivity index (χ3n) is 3.56. The zero-order chi connectivity index (χ0) is 14.5. The monoisotopic (exact) mass is 278 g/mol. The molecule has 0 spiro atoms. The van der Waals surface area contributed by atoms with Gasteiger partial charge < -0.3 is 5.11 Å². The van der Waals surface area contributed by atoms with Crippen molar-refractivity contribution in [3.63, 3.8) is 0 Å². The zero-order valence-corrected chi connectivity index (χ0v) is 11.8. The molecule has 0 bridgehead atoms. The van der Waals surface area contributed by atoms with Crippen molar-refractivity contribution in [2.24, 2.45) is 0 Å². The van der Waals surface area contributed by atoms with Gasteiger partial charge in [0.25, 0.3) is 0 Å². The Morgan fingerprint density at radius 3 is 2.62 bits per heavy atom. The molecule has 3 aromatic rings. The number of hydrogen-bond donors (Lipinski definition) is 1. The van der Waals surface area contributed by atoms with E-state index in [9.17, 15) is 5.11 Å². The van der Waals surface area contributed by atoms with Gasteiger partial charge in [0.05, 0.1) is 11.6 Å². The molecule has 3 heteroatoms. The van der Waals surface area contributed by atoms with Crippen molar-refractivity contribution < 1.29 is 5.11 Å². The highest BCUT2D eigenvalue weighted by molar-refractivity contribution is 5.78. The molecule has 2 aromatic heterocycles. The molecule has 106 valence electrons. The smallest absolute Gasteiger partial charge is 0.0705 e. The van der Waals surface area contributed by atoms with Gasteiger partial charge in [-0.05, 0) is 37.1 Å². The summed E-state index contributed by atoms with van der Waals surface area (Å²) < 4.78 is 0. The lowest BCUT2D eigenvalue weighted by Crippen LogP contribution is -2.13. The number of para-hydroxylation sites is 1. The van der Waals surface area contributed by atoms with Crippen LogP contribution in [0.3, 0.4) is 0 Å². The van der Waals surface area contributed by atoms with E-state index < -0.39 is 0 Å². The number of aliphatic hydroxyl groups is 1. The Hall–Kier alpha value is -2.26. The van der Waals surface area contributed by atoms with Crippen molar-refractivity contribution >= 4 is 10.9 Å². The molecule has 0 radical (unpaired) electrons. The van der Waals surface area contributed by atoms with Crippen LogP contribution in [0.2, 0.25) is 0 Å². The topological polar surface area (TPSA) is 46.0 Å². The first-order chi connectivity index (χ1) is 10.3. The lowest BCUT2D eigenvalue weighted by molar-refractivity contribution is 0.164. The van der Waals surface area contributed by atoms with Crippen LogP contribution in [-0.4, -0.2) is 21.2 Å². The van der Waals surface area contributed by atoms with E-state index >= 15 is 0 Å². The Balaban J connectivity index is 1.62. The van der Waals surface area contributed by atoms with Crippen molar-refractivity contribution in [2.45, 2.75) is 25.4 Å². The largest absolute Gasteiger partial charge is 0.393 e. The molecule has 2 heterocycles. The van der Waals surface area contributed by atoms with Crippen LogP contribution < -0.4 is 0 Å². The zero-order valence-electron chi connectivity index (χ0n) is 11.8. The molecule has 0 aliphatic heterocycles. The Labute approximate surface area is 124 Å². The van der Waals surface area contributed by atoms with E-state index in [1.54, 1.807) is 6.20 Å². The number of fused-ring (bicyclic) bond motifs is 1. The maximum Gasteiger partial charge on any atom is 0.0705 e. The summed E-state index contributed by atoms with van der Waals surface area (Å²) in [6.07, 6.45) is 3.46. The minimum Gasteiger partial charge on any atom is -0.393 e. The Morgan fingerprint density at radius 1 is 0.905 bits per heavy atom. The maximum atomic E-state index is 10.2. The first-order valence-electron chi connectivity index (χ1n) is 7.24. The number of pyridine rings is 2. The Kier molecular flexibility index (Phi) is 4.22. The molecule has 1 unspecified atom stereocenters. The number of aliphatic hydroxyl groups excluding tert-OH is 1. The van der Waals surface area contributed by atoms with Crippen LogP contribution in [0.15, 0.2) is 60.8 Å². The number of hydrogen-bond acceptors (Lipinski definition) is 3. The Bertz CT molecular complexity index is 712. The molecule has 21 heavy (non-hydrogen) atoms. The van der Waals surface area contributed by atoms with Crippen LogP contribution in [0, 0.1) is 0 Å². The molecule has 0 aliphatic rings. The molecular formula is C18H18N2O. The predicted molar refractivity (Wildman–Crippen MR) is 84.0 cm³/mol. The molecule has 3 rings (SSSR count). The highest BCUT2D eigenvalue weighted by Crippen LogP contribution is 2.14. The minimum absolute atomic E-state index is 0.388. The van der Waals surface area contributed by atoms with E-state index in [1.807, 2.05) is 48.5 Å². The fraction of sp³-hybridized carbons (Fsp3) is 0.222. The number of aryl methyl sites for hydroxylation is 1. The van der Waals surface area contributed by atoms with E-state index in [0.29, 0.717) is 12.8 Å². The molecule has 0 aliphatic carbocycles. The summed E-state index contributed by atoms with van der Waals surface area (Å²) in [6.45, 7) is 0. The fourth-order valence-corrected chi connectivity index (χ4v) is 2.43. The number of benzene rings is 1. The molecule has 3 nitrogen and oxygen atoms in total. The first-order valence-corrected chi connectivity index (χ1v) is 7.24. The summed E-state index contributed by atoms with van der Waals surface area (Å²) in [7, 11) is 0. The summed E-state index contributed by atoms with van der Waals surface area (Å²) in [5, 5.41) is 11.3. The molecule has 0 amide bonds. The van der Waals surface area contributed by atoms with Crippen molar-refractivity contribution in [3.05, 3.63) is 72.2 Å². The van der Waals surface area contributed by atoms with Gasteiger partial charge in [-0.15, -0.1) is 0 Å². The average molecular weight is 278 g/mol. The van der Waals surface area contributed by atoms with E-state index in [4.69, 9.17) is 0 Å². The van der Waals surface area contributed by atoms with Crippen LogP contribution in [0.4, 0.5) is 0 Å². The van der Waals surface area contributed by atoms with Crippen LogP contribution in [0.1, 0.15) is 17.8 Å². The second-order valence-corrected chi connectivity index (χ2v) is 5.21. The molecule has 1 N–H and O–H groups in total. The fourth-order valence-electron chi connectivity index (χ4n) is 2.43. The molecule has 0 saturated carbocycles. The predicted octanol–water partition coefficient (Wildman–Crippen LogP) is 3.17. The lowest BCUT2D eigenvalue weighted by atomic mass is 10.1. The van der Waals surface area contributed by atoms with Gasteiger partial charge in [-0.1, -0.05) is 30.3 Å². The summed E-state index contributed by atoms with van der Waals surface area (Å²) in [4.78, 5) is 8.87. The molecule has 0 fully saturated rings. The summed E-state index contributed by atoms with van der Waals surface area (Å²) in [6, 6.07) is 17.9. The number of rotatable bonds is 5. The van der Waals surface area contributed by atoms with E-state index in [-0.39, 0.29) is 6.10 Å². The third kappa shape index (κ3) is 3.64. The lowest BCUT2D eigenvalue weighted by Gasteiger charge is -2.10. The van der Waals surface area contributed by atoms with Gasteiger partial charge in [0.1, 0.15) is 0 Å². The minimum atomic E-state index is -0.388. The van der Waals surface area contributed by atoms with Crippen molar-refractivity contribution in [3.8, 4) is 0 Å². The van der Waals surface area contributed by atoms with Crippen LogP contribution in [0.5, 0.6) is 0 Å². The van der Waals surface area contributed by atoms with Crippen LogP contribution in [-0.2, 0) is 12.8 Å². The van der Waals surface area contributed by atoms with Gasteiger partial charge in [0.2, 0.25) is 0 Å². The molecule has 1 atom stereocenters. The average Bonchev–Trinajstić information content (AvgIpc) is 2.54. The van der Waals surface area contributed by atoms with E-state index in [2.05, 4.69) is 16.0 Å². The molecule has 0 saturated heterocycles. The number of aromatic nitrogens is 2. The standard InChI is InChI=1S/C18H18N2O/c21-17(11-10-15-6-3-4-12-19-15)13-16-9-8-14-5-1-2-7-18(14)20-16/h1-9,12,17,21H,10-11,13H2. The molecular weight excluding hydrogens is 260 g/mol. The van der Waals surface area contributed by atoms with E-state index in [0.717, 1.165) is 28.7 Å². The molecule has 1 aromatic carbocycles. The number of nitrogens with zero attached hydrogens (tertiary/aromatic N) is 2. The quantitative estimate of drug-likeness (QED) is 0.779. The third-order valence-corrected chi connectivity index (χ3v) is 3.56. The highest BCUT2D eigenvalue weighted by Gasteiger charge is 2.08. The summed E-state index contributed by atoms with van der Waals surface area (Å²) in [5.41, 5.74) is 2.93. The van der Waals surface area contributed by atoms with Crippen LogP contribution >= 0.6 is 0 Å². The highest BCUT2D eigenvalue weighted by atomic mass is 16.3. The van der Waals surface area contributed by atoms with Gasteiger partial charge in [-0.25, -0.2) is 0 Å². The first kappa shape index (κ1) is 13.7. The van der Waals surface area contributed by atoms with Gasteiger partial charge in [0, 0.05) is 29.4 Å². The summed E-state index contributed by atoms with van der Waals surface area (Å²) >= 11 is 0. The van der Waals surface area contributed by atoms with Crippen LogP contribution in [0.25, 0.3) is 10.9 Å². The van der Waals surface area contributed by atoms with Gasteiger partial charge in [0.15, 0.2) is 0 Å². The van der Waals surface area contributed by atoms with Crippen molar-refractivity contribution in [2.75, 3.05) is 0 Å². The van der Waals surface area contributed by atoms with Crippen molar-refractivity contribution in [1.29, 1.82) is 0 Å². The SMILES string of the molecule is OC(CCc1ccccn1)Cc1ccc2ccccc2n1. The van der Waals surface area contributed by atoms with Gasteiger partial charge in [-0.3, -0.25) is 9.97 Å².